The van der Waals surface area contributed by atoms with Crippen LogP contribution in [-0.2, 0) is 4.79 Å². The van der Waals surface area contributed by atoms with Crippen LogP contribution in [0.25, 0.3) is 4.85 Å². The summed E-state index contributed by atoms with van der Waals surface area (Å²) in [7, 11) is 1.40. The molecule has 4 rings (SSSR count). The molecular formula is C20H15F2N5O2S. The first-order chi connectivity index (χ1) is 14.3. The van der Waals surface area contributed by atoms with E-state index >= 15 is 0 Å². The molecule has 1 spiro atoms. The lowest BCUT2D eigenvalue weighted by Crippen LogP contribution is -2.55. The van der Waals surface area contributed by atoms with Crippen molar-refractivity contribution in [3.05, 3.63) is 59.1 Å². The zero-order valence-corrected chi connectivity index (χ0v) is 16.6. The van der Waals surface area contributed by atoms with E-state index < -0.39 is 28.9 Å². The highest BCUT2D eigenvalue weighted by Gasteiger charge is 2.59. The first kappa shape index (κ1) is 19.8. The molecule has 1 saturated heterocycles. The van der Waals surface area contributed by atoms with E-state index in [-0.39, 0.29) is 22.3 Å². The number of aromatic nitrogens is 1. The van der Waals surface area contributed by atoms with E-state index in [0.717, 1.165) is 18.6 Å². The van der Waals surface area contributed by atoms with E-state index in [1.54, 1.807) is 4.90 Å². The fourth-order valence-corrected chi connectivity index (χ4v) is 4.26. The lowest BCUT2D eigenvalue weighted by atomic mass is 9.75. The van der Waals surface area contributed by atoms with Crippen molar-refractivity contribution in [2.75, 3.05) is 16.8 Å². The van der Waals surface area contributed by atoms with Crippen LogP contribution in [0.2, 0.25) is 0 Å². The van der Waals surface area contributed by atoms with Crippen molar-refractivity contribution < 1.29 is 18.4 Å². The predicted molar refractivity (Wildman–Crippen MR) is 109 cm³/mol. The van der Waals surface area contributed by atoms with E-state index in [9.17, 15) is 18.4 Å². The third-order valence-electron chi connectivity index (χ3n) is 5.45. The van der Waals surface area contributed by atoms with Crippen LogP contribution < -0.4 is 15.1 Å². The molecule has 2 heterocycles. The van der Waals surface area contributed by atoms with Crippen LogP contribution in [0.3, 0.4) is 0 Å². The average Bonchev–Trinajstić information content (AvgIpc) is 2.94. The van der Waals surface area contributed by atoms with Crippen molar-refractivity contribution in [2.24, 2.45) is 0 Å². The highest BCUT2D eigenvalue weighted by molar-refractivity contribution is 7.81. The van der Waals surface area contributed by atoms with Crippen molar-refractivity contribution in [3.63, 3.8) is 0 Å². The molecule has 30 heavy (non-hydrogen) atoms. The van der Waals surface area contributed by atoms with Gasteiger partial charge in [-0.1, -0.05) is 6.57 Å². The highest BCUT2D eigenvalue weighted by atomic mass is 32.1. The Morgan fingerprint density at radius 2 is 1.97 bits per heavy atom. The van der Waals surface area contributed by atoms with Gasteiger partial charge < -0.3 is 15.1 Å². The third-order valence-corrected chi connectivity index (χ3v) is 5.81. The van der Waals surface area contributed by atoms with Gasteiger partial charge in [0.05, 0.1) is 11.3 Å². The number of benzene rings is 1. The van der Waals surface area contributed by atoms with E-state index in [0.29, 0.717) is 18.5 Å². The summed E-state index contributed by atoms with van der Waals surface area (Å²) < 4.78 is 28.7. The van der Waals surface area contributed by atoms with Crippen LogP contribution in [-0.4, -0.2) is 34.5 Å². The minimum Gasteiger partial charge on any atom is -0.358 e. The van der Waals surface area contributed by atoms with Gasteiger partial charge in [0.15, 0.2) is 10.9 Å². The largest absolute Gasteiger partial charge is 0.358 e. The van der Waals surface area contributed by atoms with Gasteiger partial charge in [0, 0.05) is 12.7 Å². The van der Waals surface area contributed by atoms with Crippen LogP contribution in [0.4, 0.5) is 26.0 Å². The summed E-state index contributed by atoms with van der Waals surface area (Å²) in [6, 6.07) is 5.05. The second kappa shape index (κ2) is 7.11. The molecule has 7 nitrogen and oxygen atoms in total. The Morgan fingerprint density at radius 1 is 1.27 bits per heavy atom. The number of hydrogen-bond acceptors (Lipinski definition) is 4. The van der Waals surface area contributed by atoms with Crippen molar-refractivity contribution in [3.8, 4) is 0 Å². The van der Waals surface area contributed by atoms with E-state index in [1.807, 2.05) is 0 Å². The molecule has 1 aromatic heterocycles. The molecule has 0 radical (unpaired) electrons. The maximum Gasteiger partial charge on any atom is 0.305 e. The minimum atomic E-state index is -0.993. The summed E-state index contributed by atoms with van der Waals surface area (Å²) in [5.41, 5.74) is -0.691. The van der Waals surface area contributed by atoms with Gasteiger partial charge in [-0.25, -0.2) is 8.78 Å². The monoisotopic (exact) mass is 427 g/mol. The summed E-state index contributed by atoms with van der Waals surface area (Å²) in [6.07, 6.45) is 2.99. The van der Waals surface area contributed by atoms with Crippen molar-refractivity contribution in [1.29, 1.82) is 0 Å². The smallest absolute Gasteiger partial charge is 0.305 e. The van der Waals surface area contributed by atoms with Gasteiger partial charge >= 0.3 is 5.82 Å². The van der Waals surface area contributed by atoms with Crippen molar-refractivity contribution in [1.82, 2.24) is 10.3 Å². The SMILES string of the molecule is [C-]#[N+]c1ncc(N2C(=O)C3(CCC3)N(c3ccc(C(=O)NC)c(F)c3)C2=S)cc1F. The zero-order chi connectivity index (χ0) is 21.6. The number of nitrogens with zero attached hydrogens (tertiary/aromatic N) is 4. The number of thiocarbonyl (C=S) groups is 1. The van der Waals surface area contributed by atoms with Gasteiger partial charge in [0.2, 0.25) is 0 Å². The van der Waals surface area contributed by atoms with Crippen LogP contribution >= 0.6 is 12.2 Å². The third kappa shape index (κ3) is 2.74. The second-order valence-electron chi connectivity index (χ2n) is 7.00. The molecule has 2 aromatic rings. The van der Waals surface area contributed by atoms with Crippen LogP contribution in [0.5, 0.6) is 0 Å². The molecule has 152 valence electrons. The Labute approximate surface area is 176 Å². The second-order valence-corrected chi connectivity index (χ2v) is 7.36. The molecule has 0 unspecified atom stereocenters. The molecule has 1 aliphatic carbocycles. The number of amides is 2. The Morgan fingerprint density at radius 3 is 2.50 bits per heavy atom. The fraction of sp³-hybridized carbons (Fsp3) is 0.250. The molecular weight excluding hydrogens is 412 g/mol. The van der Waals surface area contributed by atoms with Gasteiger partial charge in [-0.15, -0.1) is 4.98 Å². The van der Waals surface area contributed by atoms with E-state index in [1.165, 1.54) is 30.3 Å². The minimum absolute atomic E-state index is 0.0588. The molecule has 1 saturated carbocycles. The Balaban J connectivity index is 1.78. The summed E-state index contributed by atoms with van der Waals surface area (Å²) in [5, 5.41) is 2.42. The van der Waals surface area contributed by atoms with Gasteiger partial charge in [-0.3, -0.25) is 14.5 Å². The molecule has 0 bridgehead atoms. The Kier molecular flexibility index (Phi) is 4.70. The number of hydrogen-bond donors (Lipinski definition) is 1. The molecule has 0 atom stereocenters. The fourth-order valence-electron chi connectivity index (χ4n) is 3.80. The standard InChI is InChI=1S/C20H15F2N5O2S/c1-23-16-15(22)9-12(10-25-16)26-18(29)20(6-3-7-20)27(19(26)30)11-4-5-13(14(21)8-11)17(28)24-2/h4-5,8-10H,3,6-7H2,2H3,(H,24,28). The molecule has 1 N–H and O–H groups in total. The Hall–Kier alpha value is -3.45. The highest BCUT2D eigenvalue weighted by Crippen LogP contribution is 2.48. The van der Waals surface area contributed by atoms with Crippen LogP contribution in [0.1, 0.15) is 29.6 Å². The van der Waals surface area contributed by atoms with E-state index in [4.69, 9.17) is 18.8 Å². The summed E-state index contributed by atoms with van der Waals surface area (Å²) in [6.45, 7) is 6.92. The van der Waals surface area contributed by atoms with Gasteiger partial charge in [-0.05, 0) is 55.7 Å². The van der Waals surface area contributed by atoms with Crippen LogP contribution in [0, 0.1) is 18.2 Å². The van der Waals surface area contributed by atoms with E-state index in [2.05, 4.69) is 15.1 Å². The lowest BCUT2D eigenvalue weighted by Gasteiger charge is -2.43. The topological polar surface area (TPSA) is 69.9 Å². The first-order valence-corrected chi connectivity index (χ1v) is 9.48. The molecule has 1 aromatic carbocycles. The number of halogens is 2. The average molecular weight is 427 g/mol. The summed E-state index contributed by atoms with van der Waals surface area (Å²) in [5.74, 6) is -2.94. The van der Waals surface area contributed by atoms with Gasteiger partial charge in [-0.2, -0.15) is 0 Å². The number of carbonyl (C=O) groups excluding carboxylic acids is 2. The molecule has 2 fully saturated rings. The van der Waals surface area contributed by atoms with Gasteiger partial charge in [0.25, 0.3) is 11.8 Å². The summed E-state index contributed by atoms with van der Waals surface area (Å²) >= 11 is 5.53. The van der Waals surface area contributed by atoms with Crippen molar-refractivity contribution >= 4 is 46.3 Å². The van der Waals surface area contributed by atoms with Gasteiger partial charge in [0.1, 0.15) is 17.6 Å². The number of nitrogens with one attached hydrogen (secondary N) is 1. The number of rotatable bonds is 3. The normalized spacial score (nSPS) is 17.1. The Bertz CT molecular complexity index is 1140. The molecule has 10 heteroatoms. The zero-order valence-electron chi connectivity index (χ0n) is 15.8. The molecule has 2 amide bonds. The summed E-state index contributed by atoms with van der Waals surface area (Å²) in [4.78, 5) is 34.5. The first-order valence-electron chi connectivity index (χ1n) is 9.07. The predicted octanol–water partition coefficient (Wildman–Crippen LogP) is 3.33. The number of carbonyl (C=O) groups is 2. The number of pyridine rings is 1. The number of anilines is 2. The maximum atomic E-state index is 14.6. The molecule has 2 aliphatic rings. The van der Waals surface area contributed by atoms with Crippen molar-refractivity contribution in [2.45, 2.75) is 24.8 Å². The maximum absolute atomic E-state index is 14.6. The van der Waals surface area contributed by atoms with Crippen LogP contribution in [0.15, 0.2) is 30.5 Å². The quantitative estimate of drug-likeness (QED) is 0.601. The lowest BCUT2D eigenvalue weighted by molar-refractivity contribution is -0.123. The molecule has 1 aliphatic heterocycles.